The van der Waals surface area contributed by atoms with E-state index in [-0.39, 0.29) is 12.0 Å². The Morgan fingerprint density at radius 1 is 1.11 bits per heavy atom. The lowest BCUT2D eigenvalue weighted by Crippen LogP contribution is -2.36. The van der Waals surface area contributed by atoms with Gasteiger partial charge < -0.3 is 19.8 Å². The Hall–Kier alpha value is -3.53. The Balaban J connectivity index is 0.000000538. The van der Waals surface area contributed by atoms with Crippen LogP contribution in [0.1, 0.15) is 56.7 Å². The van der Waals surface area contributed by atoms with Crippen LogP contribution in [0.3, 0.4) is 0 Å². The van der Waals surface area contributed by atoms with Gasteiger partial charge >= 0.3 is 11.9 Å². The number of hydrogen-bond donors (Lipinski definition) is 2. The summed E-state index contributed by atoms with van der Waals surface area (Å²) >= 11 is 0. The molecule has 0 radical (unpaired) electrons. The van der Waals surface area contributed by atoms with Crippen molar-refractivity contribution in [1.29, 1.82) is 0 Å². The van der Waals surface area contributed by atoms with Gasteiger partial charge in [0.2, 0.25) is 11.8 Å². The Labute approximate surface area is 210 Å². The molecule has 0 bridgehead atoms. The molecule has 1 atom stereocenters. The maximum atomic E-state index is 12.4. The molecule has 0 aromatic carbocycles. The van der Waals surface area contributed by atoms with Gasteiger partial charge in [-0.2, -0.15) is 0 Å². The van der Waals surface area contributed by atoms with Crippen molar-refractivity contribution in [3.63, 3.8) is 0 Å². The predicted molar refractivity (Wildman–Crippen MR) is 133 cm³/mol. The van der Waals surface area contributed by atoms with Crippen molar-refractivity contribution in [2.75, 3.05) is 31.1 Å². The fraction of sp³-hybridized carbons (Fsp3) is 0.500. The highest BCUT2D eigenvalue weighted by atomic mass is 16.5. The molecule has 0 aliphatic carbocycles. The first-order chi connectivity index (χ1) is 17.2. The SMILES string of the molecule is CC(C)Oc1cccc(C2CCN(CCc3cccnc3N3CCCCC3=O)C2)n1.O=C(O)C(=O)O. The minimum Gasteiger partial charge on any atom is -0.475 e. The Bertz CT molecular complexity index is 1050. The van der Waals surface area contributed by atoms with Crippen molar-refractivity contribution in [2.24, 2.45) is 0 Å². The van der Waals surface area contributed by atoms with Gasteiger partial charge in [-0.05, 0) is 63.8 Å². The monoisotopic (exact) mass is 498 g/mol. The second kappa shape index (κ2) is 13.0. The average molecular weight is 499 g/mol. The van der Waals surface area contributed by atoms with E-state index in [1.54, 1.807) is 6.20 Å². The van der Waals surface area contributed by atoms with E-state index in [0.29, 0.717) is 18.2 Å². The van der Waals surface area contributed by atoms with Gasteiger partial charge in [0.05, 0.1) is 6.10 Å². The average Bonchev–Trinajstić information content (AvgIpc) is 3.33. The number of hydrogen-bond acceptors (Lipinski definition) is 7. The summed E-state index contributed by atoms with van der Waals surface area (Å²) in [5, 5.41) is 14.8. The summed E-state index contributed by atoms with van der Waals surface area (Å²) in [6.45, 7) is 7.89. The van der Waals surface area contributed by atoms with E-state index in [0.717, 1.165) is 63.4 Å². The first-order valence-electron chi connectivity index (χ1n) is 12.3. The molecule has 4 heterocycles. The van der Waals surface area contributed by atoms with Crippen LogP contribution in [-0.4, -0.2) is 75.2 Å². The Morgan fingerprint density at radius 3 is 2.58 bits per heavy atom. The van der Waals surface area contributed by atoms with Gasteiger partial charge in [0.1, 0.15) is 5.82 Å². The van der Waals surface area contributed by atoms with E-state index in [4.69, 9.17) is 29.5 Å². The summed E-state index contributed by atoms with van der Waals surface area (Å²) in [7, 11) is 0. The van der Waals surface area contributed by atoms with Crippen LogP contribution in [0.5, 0.6) is 5.88 Å². The van der Waals surface area contributed by atoms with Gasteiger partial charge in [0.25, 0.3) is 0 Å². The molecule has 2 N–H and O–H groups in total. The molecule has 4 rings (SSSR count). The lowest BCUT2D eigenvalue weighted by Gasteiger charge is -2.28. The molecule has 2 saturated heterocycles. The third-order valence-electron chi connectivity index (χ3n) is 6.12. The van der Waals surface area contributed by atoms with Crippen LogP contribution < -0.4 is 9.64 Å². The van der Waals surface area contributed by atoms with Crippen LogP contribution in [0.2, 0.25) is 0 Å². The van der Waals surface area contributed by atoms with Crippen LogP contribution >= 0.6 is 0 Å². The number of nitrogens with zero attached hydrogens (tertiary/aromatic N) is 4. The Morgan fingerprint density at radius 2 is 1.89 bits per heavy atom. The number of aromatic nitrogens is 2. The quantitative estimate of drug-likeness (QED) is 0.553. The summed E-state index contributed by atoms with van der Waals surface area (Å²) in [4.78, 5) is 44.2. The lowest BCUT2D eigenvalue weighted by molar-refractivity contribution is -0.159. The predicted octanol–water partition coefficient (Wildman–Crippen LogP) is 2.97. The molecule has 36 heavy (non-hydrogen) atoms. The maximum absolute atomic E-state index is 12.4. The van der Waals surface area contributed by atoms with E-state index in [9.17, 15) is 4.79 Å². The molecule has 194 valence electrons. The van der Waals surface area contributed by atoms with E-state index >= 15 is 0 Å². The first-order valence-corrected chi connectivity index (χ1v) is 12.3. The number of carboxylic acid groups (broad SMARTS) is 2. The van der Waals surface area contributed by atoms with Gasteiger partial charge in [-0.25, -0.2) is 19.6 Å². The molecular weight excluding hydrogens is 464 g/mol. The van der Waals surface area contributed by atoms with Crippen molar-refractivity contribution >= 4 is 23.7 Å². The molecule has 2 aromatic rings. The molecule has 0 spiro atoms. The summed E-state index contributed by atoms with van der Waals surface area (Å²) in [6.07, 6.45) is 6.63. The van der Waals surface area contributed by atoms with Crippen molar-refractivity contribution < 1.29 is 29.3 Å². The second-order valence-electron chi connectivity index (χ2n) is 9.20. The Kier molecular flexibility index (Phi) is 9.75. The summed E-state index contributed by atoms with van der Waals surface area (Å²) in [5.41, 5.74) is 2.29. The smallest absolute Gasteiger partial charge is 0.414 e. The highest BCUT2D eigenvalue weighted by Gasteiger charge is 2.26. The number of amides is 1. The summed E-state index contributed by atoms with van der Waals surface area (Å²) in [5.74, 6) is -1.43. The number of anilines is 1. The molecule has 2 aliphatic rings. The topological polar surface area (TPSA) is 133 Å². The molecule has 2 aromatic heterocycles. The highest BCUT2D eigenvalue weighted by molar-refractivity contribution is 6.27. The van der Waals surface area contributed by atoms with Crippen LogP contribution in [0, 0.1) is 0 Å². The van der Waals surface area contributed by atoms with Crippen LogP contribution in [0.25, 0.3) is 0 Å². The number of likely N-dealkylation sites (tertiary alicyclic amines) is 1. The van der Waals surface area contributed by atoms with E-state index in [2.05, 4.69) is 22.0 Å². The van der Waals surface area contributed by atoms with Crippen molar-refractivity contribution in [3.05, 3.63) is 47.8 Å². The van der Waals surface area contributed by atoms with Crippen molar-refractivity contribution in [3.8, 4) is 5.88 Å². The highest BCUT2D eigenvalue weighted by Crippen LogP contribution is 2.28. The maximum Gasteiger partial charge on any atom is 0.414 e. The van der Waals surface area contributed by atoms with E-state index < -0.39 is 11.9 Å². The molecule has 10 heteroatoms. The van der Waals surface area contributed by atoms with Gasteiger partial charge in [-0.15, -0.1) is 0 Å². The molecule has 2 aliphatic heterocycles. The van der Waals surface area contributed by atoms with Crippen LogP contribution in [0.4, 0.5) is 5.82 Å². The number of carbonyl (C=O) groups is 3. The van der Waals surface area contributed by atoms with Crippen LogP contribution in [-0.2, 0) is 20.8 Å². The first kappa shape index (κ1) is 27.1. The number of carboxylic acids is 2. The number of carbonyl (C=O) groups excluding carboxylic acids is 1. The molecule has 1 unspecified atom stereocenters. The summed E-state index contributed by atoms with van der Waals surface area (Å²) < 4.78 is 5.76. The zero-order valence-electron chi connectivity index (χ0n) is 20.8. The zero-order chi connectivity index (χ0) is 26.1. The van der Waals surface area contributed by atoms with Gasteiger partial charge in [-0.3, -0.25) is 9.69 Å². The lowest BCUT2D eigenvalue weighted by atomic mass is 10.0. The number of ether oxygens (including phenoxy) is 1. The summed E-state index contributed by atoms with van der Waals surface area (Å²) in [6, 6.07) is 10.2. The third-order valence-corrected chi connectivity index (χ3v) is 6.12. The molecule has 0 saturated carbocycles. The molecule has 2 fully saturated rings. The van der Waals surface area contributed by atoms with Crippen LogP contribution in [0.15, 0.2) is 36.5 Å². The standard InChI is InChI=1S/C24H32N4O2.C2H2O4/c1-18(2)30-22-9-5-8-21(26-22)20-12-16-27(17-20)15-11-19-7-6-13-25-24(19)28-14-4-3-10-23(28)29;3-1(4)2(5)6/h5-9,13,18,20H,3-4,10-12,14-17H2,1-2H3;(H,3,4)(H,5,6). The molecule has 10 nitrogen and oxygen atoms in total. The number of rotatable bonds is 7. The number of piperidine rings is 1. The van der Waals surface area contributed by atoms with E-state index in [1.807, 2.05) is 36.9 Å². The number of aliphatic carboxylic acids is 2. The number of pyridine rings is 2. The van der Waals surface area contributed by atoms with E-state index in [1.165, 1.54) is 5.56 Å². The largest absolute Gasteiger partial charge is 0.475 e. The zero-order valence-corrected chi connectivity index (χ0v) is 20.8. The normalized spacial score (nSPS) is 18.0. The fourth-order valence-electron chi connectivity index (χ4n) is 4.42. The van der Waals surface area contributed by atoms with Crippen molar-refractivity contribution in [2.45, 2.75) is 58.0 Å². The van der Waals surface area contributed by atoms with Gasteiger partial charge in [-0.1, -0.05) is 12.1 Å². The molecular formula is C26H34N4O6. The third kappa shape index (κ3) is 7.74. The minimum atomic E-state index is -1.82. The van der Waals surface area contributed by atoms with Gasteiger partial charge in [0, 0.05) is 49.9 Å². The minimum absolute atomic E-state index is 0.133. The molecule has 1 amide bonds. The fourth-order valence-corrected chi connectivity index (χ4v) is 4.42. The second-order valence-corrected chi connectivity index (χ2v) is 9.20. The van der Waals surface area contributed by atoms with Gasteiger partial charge in [0.15, 0.2) is 0 Å². The van der Waals surface area contributed by atoms with Crippen molar-refractivity contribution in [1.82, 2.24) is 14.9 Å².